The minimum absolute atomic E-state index is 0.123. The first-order chi connectivity index (χ1) is 13.7. The number of nitrogens with two attached hydrogens (primary N) is 1. The Balaban J connectivity index is 1.76. The predicted molar refractivity (Wildman–Crippen MR) is 122 cm³/mol. The van der Waals surface area contributed by atoms with Gasteiger partial charge in [-0.15, -0.1) is 0 Å². The molecule has 2 aromatic rings. The van der Waals surface area contributed by atoms with E-state index in [4.69, 9.17) is 22.1 Å². The van der Waals surface area contributed by atoms with Gasteiger partial charge in [-0.3, -0.25) is 4.79 Å². The van der Waals surface area contributed by atoms with Gasteiger partial charge in [0.05, 0.1) is 11.1 Å². The predicted octanol–water partition coefficient (Wildman–Crippen LogP) is 6.05. The average Bonchev–Trinajstić information content (AvgIpc) is 2.69. The summed E-state index contributed by atoms with van der Waals surface area (Å²) in [6, 6.07) is 5.46. The van der Waals surface area contributed by atoms with Crippen LogP contribution in [0.15, 0.2) is 29.2 Å². The molecular formula is C24H35ClN2O2. The van der Waals surface area contributed by atoms with Crippen molar-refractivity contribution in [3.8, 4) is 5.75 Å². The highest BCUT2D eigenvalue weighted by atomic mass is 35.5. The average molecular weight is 419 g/mol. The van der Waals surface area contributed by atoms with Crippen molar-refractivity contribution in [1.29, 1.82) is 0 Å². The van der Waals surface area contributed by atoms with Gasteiger partial charge in [-0.05, 0) is 79.9 Å². The zero-order valence-corrected chi connectivity index (χ0v) is 18.9. The maximum atomic E-state index is 12.0. The number of H-pyrrole nitrogens is 1. The van der Waals surface area contributed by atoms with Crippen molar-refractivity contribution in [2.24, 2.45) is 17.1 Å². The molecule has 0 aliphatic heterocycles. The van der Waals surface area contributed by atoms with Crippen LogP contribution in [0.4, 0.5) is 0 Å². The van der Waals surface area contributed by atoms with Gasteiger partial charge in [0.25, 0.3) is 5.56 Å². The summed E-state index contributed by atoms with van der Waals surface area (Å²) in [5.74, 6) is 1.26. The summed E-state index contributed by atoms with van der Waals surface area (Å²) < 4.78 is 6.31. The number of pyridine rings is 1. The second kappa shape index (κ2) is 8.69. The Morgan fingerprint density at radius 2 is 2.00 bits per heavy atom. The van der Waals surface area contributed by atoms with Crippen molar-refractivity contribution in [2.45, 2.75) is 84.3 Å². The summed E-state index contributed by atoms with van der Waals surface area (Å²) in [7, 11) is 0. The van der Waals surface area contributed by atoms with Crippen LogP contribution in [0.2, 0.25) is 5.02 Å². The highest BCUT2D eigenvalue weighted by molar-refractivity contribution is 6.32. The molecule has 1 aliphatic rings. The van der Waals surface area contributed by atoms with Crippen molar-refractivity contribution in [1.82, 2.24) is 4.98 Å². The SMILES string of the molecule is CCC(N)(CC(C)C)C1(CC)CCC(Oc2cc3cc[nH]c(=O)c3cc2Cl)CC1. The molecule has 160 valence electrons. The van der Waals surface area contributed by atoms with E-state index in [0.717, 1.165) is 50.3 Å². The summed E-state index contributed by atoms with van der Waals surface area (Å²) in [4.78, 5) is 14.7. The standard InChI is InChI=1S/C24H35ClN2O2/c1-5-23(24(26,6-2)15-16(3)4)10-7-18(8-11-23)29-21-13-17-9-12-27-22(28)19(17)14-20(21)25/h9,12-14,16,18H,5-8,10-11,15,26H2,1-4H3,(H,27,28). The second-order valence-electron chi connectivity index (χ2n) is 9.24. The van der Waals surface area contributed by atoms with Gasteiger partial charge in [0.1, 0.15) is 5.75 Å². The van der Waals surface area contributed by atoms with E-state index in [1.165, 1.54) is 0 Å². The van der Waals surface area contributed by atoms with Gasteiger partial charge in [0, 0.05) is 17.1 Å². The fourth-order valence-corrected chi connectivity index (χ4v) is 5.60. The third-order valence-corrected chi connectivity index (χ3v) is 7.44. The Kier molecular flexibility index (Phi) is 6.64. The van der Waals surface area contributed by atoms with E-state index < -0.39 is 0 Å². The number of hydrogen-bond donors (Lipinski definition) is 2. The van der Waals surface area contributed by atoms with Crippen LogP contribution >= 0.6 is 11.6 Å². The van der Waals surface area contributed by atoms with Crippen LogP contribution in [0.25, 0.3) is 10.8 Å². The number of benzene rings is 1. The summed E-state index contributed by atoms with van der Waals surface area (Å²) in [6.07, 6.45) is 9.08. The zero-order valence-electron chi connectivity index (χ0n) is 18.2. The Morgan fingerprint density at radius 1 is 1.31 bits per heavy atom. The first kappa shape index (κ1) is 22.2. The molecule has 1 heterocycles. The number of fused-ring (bicyclic) bond motifs is 1. The molecule has 1 saturated carbocycles. The number of aromatic amines is 1. The number of aromatic nitrogens is 1. The lowest BCUT2D eigenvalue weighted by atomic mass is 9.57. The number of rotatable bonds is 7. The van der Waals surface area contributed by atoms with Gasteiger partial charge < -0.3 is 15.5 Å². The minimum atomic E-state index is -0.134. The van der Waals surface area contributed by atoms with Crippen molar-refractivity contribution in [3.63, 3.8) is 0 Å². The first-order valence-corrected chi connectivity index (χ1v) is 11.4. The topological polar surface area (TPSA) is 68.1 Å². The molecule has 0 spiro atoms. The highest BCUT2D eigenvalue weighted by Crippen LogP contribution is 2.50. The van der Waals surface area contributed by atoms with Crippen LogP contribution in [-0.4, -0.2) is 16.6 Å². The van der Waals surface area contributed by atoms with Crippen molar-refractivity contribution >= 4 is 22.4 Å². The molecular weight excluding hydrogens is 384 g/mol. The molecule has 0 radical (unpaired) electrons. The lowest BCUT2D eigenvalue weighted by Crippen LogP contribution is -2.57. The third kappa shape index (κ3) is 4.34. The Hall–Kier alpha value is -1.52. The normalized spacial score (nSPS) is 24.6. The molecule has 5 heteroatoms. The lowest BCUT2D eigenvalue weighted by Gasteiger charge is -2.52. The van der Waals surface area contributed by atoms with E-state index >= 15 is 0 Å². The van der Waals surface area contributed by atoms with Crippen LogP contribution in [0.3, 0.4) is 0 Å². The molecule has 0 saturated heterocycles. The Bertz CT molecular complexity index is 899. The van der Waals surface area contributed by atoms with Gasteiger partial charge in [0.15, 0.2) is 0 Å². The van der Waals surface area contributed by atoms with Crippen molar-refractivity contribution in [3.05, 3.63) is 39.8 Å². The van der Waals surface area contributed by atoms with Crippen molar-refractivity contribution in [2.75, 3.05) is 0 Å². The van der Waals surface area contributed by atoms with Gasteiger partial charge in [-0.2, -0.15) is 0 Å². The lowest BCUT2D eigenvalue weighted by molar-refractivity contribution is 0.00355. The highest BCUT2D eigenvalue weighted by Gasteiger charge is 2.48. The number of hydrogen-bond acceptors (Lipinski definition) is 3. The molecule has 3 N–H and O–H groups in total. The molecule has 4 nitrogen and oxygen atoms in total. The Labute approximate surface area is 179 Å². The van der Waals surface area contributed by atoms with Gasteiger partial charge in [-0.25, -0.2) is 0 Å². The third-order valence-electron chi connectivity index (χ3n) is 7.15. The van der Waals surface area contributed by atoms with Crippen LogP contribution in [0, 0.1) is 11.3 Å². The number of halogens is 1. The van der Waals surface area contributed by atoms with Crippen molar-refractivity contribution < 1.29 is 4.74 Å². The molecule has 1 fully saturated rings. The molecule has 1 aromatic heterocycles. The van der Waals surface area contributed by atoms with E-state index in [0.29, 0.717) is 22.1 Å². The fourth-order valence-electron chi connectivity index (χ4n) is 5.39. The first-order valence-electron chi connectivity index (χ1n) is 11.0. The minimum Gasteiger partial charge on any atom is -0.489 e. The molecule has 0 bridgehead atoms. The van der Waals surface area contributed by atoms with Crippen LogP contribution in [0.5, 0.6) is 5.75 Å². The molecule has 29 heavy (non-hydrogen) atoms. The molecule has 3 rings (SSSR count). The molecule has 1 aliphatic carbocycles. The maximum Gasteiger partial charge on any atom is 0.255 e. The second-order valence-corrected chi connectivity index (χ2v) is 9.64. The summed E-state index contributed by atoms with van der Waals surface area (Å²) >= 11 is 6.43. The zero-order chi connectivity index (χ0) is 21.2. The van der Waals surface area contributed by atoms with Crippen LogP contribution < -0.4 is 16.0 Å². The fraction of sp³-hybridized carbons (Fsp3) is 0.625. The van der Waals surface area contributed by atoms with Gasteiger partial charge in [0.2, 0.25) is 0 Å². The summed E-state index contributed by atoms with van der Waals surface area (Å²) in [6.45, 7) is 9.06. The van der Waals surface area contributed by atoms with E-state index in [1.54, 1.807) is 12.3 Å². The smallest absolute Gasteiger partial charge is 0.255 e. The quantitative estimate of drug-likeness (QED) is 0.574. The molecule has 1 aromatic carbocycles. The molecule has 1 unspecified atom stereocenters. The Morgan fingerprint density at radius 3 is 2.59 bits per heavy atom. The summed E-state index contributed by atoms with van der Waals surface area (Å²) in [5.41, 5.74) is 6.94. The van der Waals surface area contributed by atoms with Gasteiger partial charge >= 0.3 is 0 Å². The largest absolute Gasteiger partial charge is 0.489 e. The van der Waals surface area contributed by atoms with E-state index in [1.807, 2.05) is 12.1 Å². The molecule has 0 amide bonds. The number of nitrogens with one attached hydrogen (secondary N) is 1. The van der Waals surface area contributed by atoms with Gasteiger partial charge in [-0.1, -0.05) is 39.3 Å². The van der Waals surface area contributed by atoms with E-state index in [2.05, 4.69) is 32.7 Å². The maximum absolute atomic E-state index is 12.0. The number of ether oxygens (including phenoxy) is 1. The van der Waals surface area contributed by atoms with E-state index in [-0.39, 0.29) is 22.6 Å². The van der Waals surface area contributed by atoms with Crippen LogP contribution in [0.1, 0.15) is 72.6 Å². The summed E-state index contributed by atoms with van der Waals surface area (Å²) in [5, 5.41) is 1.92. The van der Waals surface area contributed by atoms with Crippen LogP contribution in [-0.2, 0) is 0 Å². The monoisotopic (exact) mass is 418 g/mol. The molecule has 1 atom stereocenters. The van der Waals surface area contributed by atoms with E-state index in [9.17, 15) is 4.79 Å².